The molecule has 6 heteroatoms. The minimum atomic E-state index is -0.245. The third-order valence-corrected chi connectivity index (χ3v) is 4.34. The average molecular weight is 370 g/mol. The molecule has 1 heterocycles. The molecule has 0 amide bonds. The number of carbonyl (C=O) groups is 1. The Labute approximate surface area is 157 Å². The van der Waals surface area contributed by atoms with Gasteiger partial charge in [-0.15, -0.1) is 0 Å². The van der Waals surface area contributed by atoms with E-state index in [1.54, 1.807) is 27.4 Å². The van der Waals surface area contributed by atoms with Crippen molar-refractivity contribution in [2.45, 2.75) is 12.8 Å². The summed E-state index contributed by atoms with van der Waals surface area (Å²) in [6, 6.07) is 11.4. The van der Waals surface area contributed by atoms with E-state index in [0.29, 0.717) is 41.4 Å². The molecule has 0 radical (unpaired) electrons. The second kappa shape index (κ2) is 8.03. The predicted octanol–water partition coefficient (Wildman–Crippen LogP) is 4.23. The van der Waals surface area contributed by atoms with E-state index in [9.17, 15) is 4.79 Å². The molecule has 2 aromatic carbocycles. The highest BCUT2D eigenvalue weighted by atomic mass is 16.5. The first-order chi connectivity index (χ1) is 13.1. The maximum absolute atomic E-state index is 11.4. The number of ether oxygens (including phenoxy) is 4. The molecule has 3 rings (SSSR count). The molecule has 0 unspecified atom stereocenters. The van der Waals surface area contributed by atoms with Crippen molar-refractivity contribution in [3.05, 3.63) is 42.0 Å². The minimum Gasteiger partial charge on any atom is -0.497 e. The van der Waals surface area contributed by atoms with Gasteiger partial charge in [0.2, 0.25) is 0 Å². The van der Waals surface area contributed by atoms with Gasteiger partial charge in [-0.3, -0.25) is 4.79 Å². The van der Waals surface area contributed by atoms with Gasteiger partial charge in [-0.25, -0.2) is 0 Å². The molecule has 0 N–H and O–H groups in total. The molecule has 0 aliphatic rings. The van der Waals surface area contributed by atoms with E-state index in [1.807, 2.05) is 30.3 Å². The topological polar surface area (TPSA) is 67.1 Å². The van der Waals surface area contributed by atoms with Crippen LogP contribution in [-0.4, -0.2) is 34.4 Å². The molecule has 27 heavy (non-hydrogen) atoms. The summed E-state index contributed by atoms with van der Waals surface area (Å²) in [5.41, 5.74) is 2.46. The van der Waals surface area contributed by atoms with E-state index < -0.39 is 0 Å². The van der Waals surface area contributed by atoms with Gasteiger partial charge in [-0.05, 0) is 42.3 Å². The minimum absolute atomic E-state index is 0.245. The molecule has 0 aliphatic carbocycles. The van der Waals surface area contributed by atoms with Crippen LogP contribution < -0.4 is 14.2 Å². The lowest BCUT2D eigenvalue weighted by molar-refractivity contribution is -0.140. The van der Waals surface area contributed by atoms with Crippen molar-refractivity contribution in [3.63, 3.8) is 0 Å². The molecule has 6 nitrogen and oxygen atoms in total. The van der Waals surface area contributed by atoms with Gasteiger partial charge in [-0.1, -0.05) is 0 Å². The first-order valence-corrected chi connectivity index (χ1v) is 8.48. The lowest BCUT2D eigenvalue weighted by Crippen LogP contribution is -2.02. The lowest BCUT2D eigenvalue weighted by Gasteiger charge is -2.07. The normalized spacial score (nSPS) is 10.7. The largest absolute Gasteiger partial charge is 0.497 e. The first kappa shape index (κ1) is 18.6. The number of methoxy groups -OCH3 is 4. The molecule has 0 fully saturated rings. The van der Waals surface area contributed by atoms with Crippen molar-refractivity contribution in [3.8, 4) is 28.6 Å². The lowest BCUT2D eigenvalue weighted by atomic mass is 10.1. The fourth-order valence-corrected chi connectivity index (χ4v) is 2.92. The van der Waals surface area contributed by atoms with Crippen molar-refractivity contribution in [1.29, 1.82) is 0 Å². The Morgan fingerprint density at radius 3 is 2.19 bits per heavy atom. The van der Waals surface area contributed by atoms with Gasteiger partial charge < -0.3 is 23.4 Å². The maximum Gasteiger partial charge on any atom is 0.305 e. The van der Waals surface area contributed by atoms with Crippen molar-refractivity contribution in [1.82, 2.24) is 0 Å². The zero-order valence-corrected chi connectivity index (χ0v) is 15.8. The molecule has 0 saturated carbocycles. The summed E-state index contributed by atoms with van der Waals surface area (Å²) < 4.78 is 26.9. The van der Waals surface area contributed by atoms with Crippen LogP contribution >= 0.6 is 0 Å². The van der Waals surface area contributed by atoms with Crippen LogP contribution in [0.4, 0.5) is 0 Å². The maximum atomic E-state index is 11.4. The Hall–Kier alpha value is -3.15. The summed E-state index contributed by atoms with van der Waals surface area (Å²) in [5.74, 6) is 2.40. The highest BCUT2D eigenvalue weighted by Gasteiger charge is 2.15. The zero-order valence-electron chi connectivity index (χ0n) is 15.8. The number of hydrogen-bond donors (Lipinski definition) is 0. The van der Waals surface area contributed by atoms with Gasteiger partial charge in [0.1, 0.15) is 17.3 Å². The third kappa shape index (κ3) is 4.00. The van der Waals surface area contributed by atoms with E-state index in [2.05, 4.69) is 0 Å². The van der Waals surface area contributed by atoms with Gasteiger partial charge in [0.05, 0.1) is 28.4 Å². The monoisotopic (exact) mass is 370 g/mol. The molecule has 0 saturated heterocycles. The summed E-state index contributed by atoms with van der Waals surface area (Å²) in [4.78, 5) is 11.4. The summed E-state index contributed by atoms with van der Waals surface area (Å²) in [6.45, 7) is 0. The Morgan fingerprint density at radius 2 is 1.59 bits per heavy atom. The van der Waals surface area contributed by atoms with Crippen LogP contribution in [-0.2, 0) is 16.0 Å². The van der Waals surface area contributed by atoms with Crippen LogP contribution in [0.1, 0.15) is 12.0 Å². The molecule has 0 spiro atoms. The number of aryl methyl sites for hydroxylation is 1. The Morgan fingerprint density at radius 1 is 0.889 bits per heavy atom. The highest BCUT2D eigenvalue weighted by molar-refractivity contribution is 5.88. The van der Waals surface area contributed by atoms with E-state index >= 15 is 0 Å². The highest BCUT2D eigenvalue weighted by Crippen LogP contribution is 2.37. The number of furan rings is 1. The van der Waals surface area contributed by atoms with Crippen molar-refractivity contribution >= 4 is 16.9 Å². The van der Waals surface area contributed by atoms with Gasteiger partial charge in [0.15, 0.2) is 11.3 Å². The second-order valence-corrected chi connectivity index (χ2v) is 6.00. The van der Waals surface area contributed by atoms with Crippen LogP contribution in [0, 0.1) is 0 Å². The summed E-state index contributed by atoms with van der Waals surface area (Å²) >= 11 is 0. The summed E-state index contributed by atoms with van der Waals surface area (Å²) in [7, 11) is 6.19. The van der Waals surface area contributed by atoms with Crippen molar-refractivity contribution in [2.24, 2.45) is 0 Å². The van der Waals surface area contributed by atoms with E-state index in [0.717, 1.165) is 16.5 Å². The fourth-order valence-electron chi connectivity index (χ4n) is 2.92. The number of benzene rings is 2. The van der Waals surface area contributed by atoms with E-state index in [-0.39, 0.29) is 5.97 Å². The smallest absolute Gasteiger partial charge is 0.305 e. The fraction of sp³-hybridized carbons (Fsp3) is 0.286. The van der Waals surface area contributed by atoms with Crippen LogP contribution in [0.2, 0.25) is 0 Å². The first-order valence-electron chi connectivity index (χ1n) is 8.48. The summed E-state index contributed by atoms with van der Waals surface area (Å²) in [6.07, 6.45) is 0.870. The number of rotatable bonds is 7. The quantitative estimate of drug-likeness (QED) is 0.580. The average Bonchev–Trinajstić information content (AvgIpc) is 3.15. The van der Waals surface area contributed by atoms with Crippen LogP contribution in [0.15, 0.2) is 40.8 Å². The molecular weight excluding hydrogens is 348 g/mol. The molecule has 0 bridgehead atoms. The van der Waals surface area contributed by atoms with Crippen LogP contribution in [0.3, 0.4) is 0 Å². The Bertz CT molecular complexity index is 934. The molecule has 1 aromatic heterocycles. The van der Waals surface area contributed by atoms with E-state index in [4.69, 9.17) is 23.4 Å². The van der Waals surface area contributed by atoms with Gasteiger partial charge in [-0.2, -0.15) is 0 Å². The van der Waals surface area contributed by atoms with Crippen molar-refractivity contribution < 1.29 is 28.2 Å². The van der Waals surface area contributed by atoms with Crippen LogP contribution in [0.5, 0.6) is 17.2 Å². The number of hydrogen-bond acceptors (Lipinski definition) is 6. The third-order valence-electron chi connectivity index (χ3n) is 4.34. The number of fused-ring (bicyclic) bond motifs is 1. The van der Waals surface area contributed by atoms with Crippen LogP contribution in [0.25, 0.3) is 22.3 Å². The second-order valence-electron chi connectivity index (χ2n) is 6.00. The summed E-state index contributed by atoms with van der Waals surface area (Å²) in [5, 5.41) is 0.894. The Kier molecular flexibility index (Phi) is 5.54. The molecule has 0 aliphatic heterocycles. The van der Waals surface area contributed by atoms with Gasteiger partial charge >= 0.3 is 5.97 Å². The van der Waals surface area contributed by atoms with Gasteiger partial charge in [0, 0.05) is 23.4 Å². The van der Waals surface area contributed by atoms with Gasteiger partial charge in [0.25, 0.3) is 0 Å². The standard InChI is InChI=1S/C21H22O6/c1-23-16-9-14(10-17(12-16)24-2)18-11-15-7-13(5-6-20(22)26-4)8-19(25-3)21(15)27-18/h7-12H,5-6H2,1-4H3. The number of carbonyl (C=O) groups excluding carboxylic acids is 1. The van der Waals surface area contributed by atoms with Crippen molar-refractivity contribution in [2.75, 3.05) is 28.4 Å². The zero-order chi connectivity index (χ0) is 19.4. The Balaban J connectivity index is 2.02. The molecule has 0 atom stereocenters. The predicted molar refractivity (Wildman–Crippen MR) is 102 cm³/mol. The molecule has 142 valence electrons. The molecular formula is C21H22O6. The number of esters is 1. The van der Waals surface area contributed by atoms with E-state index in [1.165, 1.54) is 7.11 Å². The SMILES string of the molecule is COC(=O)CCc1cc(OC)c2oc(-c3cc(OC)cc(OC)c3)cc2c1. The molecule has 3 aromatic rings.